The first-order valence-electron chi connectivity index (χ1n) is 6.08. The molecule has 0 spiro atoms. The van der Waals surface area contributed by atoms with Crippen molar-refractivity contribution in [1.29, 1.82) is 0 Å². The van der Waals surface area contributed by atoms with Crippen molar-refractivity contribution < 1.29 is 4.74 Å². The second-order valence-electron chi connectivity index (χ2n) is 4.86. The minimum Gasteiger partial charge on any atom is -0.379 e. The first kappa shape index (κ1) is 11.6. The maximum atomic E-state index is 5.89. The monoisotopic (exact) mass is 219 g/mol. The van der Waals surface area contributed by atoms with Crippen molar-refractivity contribution in [2.45, 2.75) is 25.7 Å². The van der Waals surface area contributed by atoms with Crippen LogP contribution >= 0.6 is 0 Å². The van der Waals surface area contributed by atoms with E-state index in [1.165, 1.54) is 11.1 Å². The van der Waals surface area contributed by atoms with Crippen molar-refractivity contribution in [3.05, 3.63) is 35.4 Å². The third-order valence-electron chi connectivity index (χ3n) is 3.90. The molecule has 16 heavy (non-hydrogen) atoms. The van der Waals surface area contributed by atoms with Crippen LogP contribution in [0.25, 0.3) is 0 Å². The largest absolute Gasteiger partial charge is 0.379 e. The van der Waals surface area contributed by atoms with E-state index in [2.05, 4.69) is 38.1 Å². The van der Waals surface area contributed by atoms with Crippen molar-refractivity contribution in [2.24, 2.45) is 11.7 Å². The standard InChI is InChI=1S/C14H21NO/c1-3-12(8-15)14(9-16-10-14)13-6-4-11(2)5-7-13/h4-7,12H,3,8-10,15H2,1-2H3. The zero-order valence-electron chi connectivity index (χ0n) is 10.2. The van der Waals surface area contributed by atoms with E-state index in [1.807, 2.05) is 0 Å². The van der Waals surface area contributed by atoms with E-state index >= 15 is 0 Å². The van der Waals surface area contributed by atoms with Gasteiger partial charge >= 0.3 is 0 Å². The fourth-order valence-electron chi connectivity index (χ4n) is 2.63. The highest BCUT2D eigenvalue weighted by Gasteiger charge is 2.45. The molecule has 2 heteroatoms. The number of rotatable bonds is 4. The Morgan fingerprint density at radius 2 is 1.94 bits per heavy atom. The summed E-state index contributed by atoms with van der Waals surface area (Å²) in [5, 5.41) is 0. The molecule has 1 unspecified atom stereocenters. The highest BCUT2D eigenvalue weighted by Crippen LogP contribution is 2.40. The average Bonchev–Trinajstić information content (AvgIpc) is 2.25. The number of hydrogen-bond donors (Lipinski definition) is 1. The quantitative estimate of drug-likeness (QED) is 0.843. The van der Waals surface area contributed by atoms with Gasteiger partial charge in [0.05, 0.1) is 13.2 Å². The van der Waals surface area contributed by atoms with Gasteiger partial charge in [0.25, 0.3) is 0 Å². The zero-order valence-corrected chi connectivity index (χ0v) is 10.2. The predicted octanol–water partition coefficient (Wildman–Crippen LogP) is 2.25. The van der Waals surface area contributed by atoms with Crippen molar-refractivity contribution >= 4 is 0 Å². The van der Waals surface area contributed by atoms with Gasteiger partial charge in [-0.15, -0.1) is 0 Å². The van der Waals surface area contributed by atoms with E-state index in [-0.39, 0.29) is 5.41 Å². The smallest absolute Gasteiger partial charge is 0.0588 e. The Morgan fingerprint density at radius 1 is 1.31 bits per heavy atom. The van der Waals surface area contributed by atoms with Crippen molar-refractivity contribution in [3.8, 4) is 0 Å². The summed E-state index contributed by atoms with van der Waals surface area (Å²) in [6.45, 7) is 6.73. The molecule has 1 aromatic rings. The van der Waals surface area contributed by atoms with E-state index in [9.17, 15) is 0 Å². The minimum absolute atomic E-state index is 0.178. The summed E-state index contributed by atoms with van der Waals surface area (Å²) in [6.07, 6.45) is 1.12. The van der Waals surface area contributed by atoms with Gasteiger partial charge in [-0.25, -0.2) is 0 Å². The fourth-order valence-corrected chi connectivity index (χ4v) is 2.63. The third-order valence-corrected chi connectivity index (χ3v) is 3.90. The predicted molar refractivity (Wildman–Crippen MR) is 66.5 cm³/mol. The first-order valence-corrected chi connectivity index (χ1v) is 6.08. The number of ether oxygens (including phenoxy) is 1. The Hall–Kier alpha value is -0.860. The molecule has 0 saturated carbocycles. The lowest BCUT2D eigenvalue weighted by atomic mass is 9.67. The summed E-state index contributed by atoms with van der Waals surface area (Å²) < 4.78 is 5.45. The van der Waals surface area contributed by atoms with E-state index < -0.39 is 0 Å². The number of benzene rings is 1. The highest BCUT2D eigenvalue weighted by atomic mass is 16.5. The molecule has 0 radical (unpaired) electrons. The van der Waals surface area contributed by atoms with Crippen molar-refractivity contribution in [3.63, 3.8) is 0 Å². The number of aryl methyl sites for hydroxylation is 1. The first-order chi connectivity index (χ1) is 7.73. The molecule has 1 aromatic carbocycles. The fraction of sp³-hybridized carbons (Fsp3) is 0.571. The van der Waals surface area contributed by atoms with Gasteiger partial charge in [-0.3, -0.25) is 0 Å². The molecule has 2 N–H and O–H groups in total. The Labute approximate surface area is 97.8 Å². The van der Waals surface area contributed by atoms with Crippen LogP contribution in [0.4, 0.5) is 0 Å². The second kappa shape index (κ2) is 4.56. The summed E-state index contributed by atoms with van der Waals surface area (Å²) in [4.78, 5) is 0. The molecule has 1 fully saturated rings. The van der Waals surface area contributed by atoms with Gasteiger partial charge in [-0.05, 0) is 24.9 Å². The van der Waals surface area contributed by atoms with Crippen LogP contribution in [-0.4, -0.2) is 19.8 Å². The lowest BCUT2D eigenvalue weighted by molar-refractivity contribution is -0.0898. The van der Waals surface area contributed by atoms with Crippen LogP contribution in [0.1, 0.15) is 24.5 Å². The molecular weight excluding hydrogens is 198 g/mol. The highest BCUT2D eigenvalue weighted by molar-refractivity contribution is 5.32. The van der Waals surface area contributed by atoms with Gasteiger partial charge in [-0.2, -0.15) is 0 Å². The van der Waals surface area contributed by atoms with Crippen LogP contribution in [0, 0.1) is 12.8 Å². The molecule has 1 heterocycles. The maximum absolute atomic E-state index is 5.89. The Morgan fingerprint density at radius 3 is 2.31 bits per heavy atom. The number of nitrogens with two attached hydrogens (primary N) is 1. The van der Waals surface area contributed by atoms with Crippen LogP contribution in [0.2, 0.25) is 0 Å². The zero-order chi connectivity index (χ0) is 11.6. The molecule has 1 aliphatic rings. The molecule has 1 atom stereocenters. The van der Waals surface area contributed by atoms with E-state index in [0.29, 0.717) is 5.92 Å². The molecule has 2 nitrogen and oxygen atoms in total. The SMILES string of the molecule is CCC(CN)C1(c2ccc(C)cc2)COC1. The molecule has 0 amide bonds. The van der Waals surface area contributed by atoms with Gasteiger partial charge in [-0.1, -0.05) is 43.2 Å². The summed E-state index contributed by atoms with van der Waals surface area (Å²) in [7, 11) is 0. The van der Waals surface area contributed by atoms with Crippen molar-refractivity contribution in [2.75, 3.05) is 19.8 Å². The van der Waals surface area contributed by atoms with Crippen LogP contribution in [0.5, 0.6) is 0 Å². The Kier molecular flexibility index (Phi) is 3.31. The van der Waals surface area contributed by atoms with E-state index in [0.717, 1.165) is 26.2 Å². The second-order valence-corrected chi connectivity index (χ2v) is 4.86. The van der Waals surface area contributed by atoms with Crippen LogP contribution in [0.15, 0.2) is 24.3 Å². The van der Waals surface area contributed by atoms with Crippen LogP contribution in [0.3, 0.4) is 0 Å². The third kappa shape index (κ3) is 1.76. The molecule has 1 aliphatic heterocycles. The summed E-state index contributed by atoms with van der Waals surface area (Å²) in [5.74, 6) is 0.531. The Balaban J connectivity index is 2.30. The normalized spacial score (nSPS) is 20.2. The van der Waals surface area contributed by atoms with Gasteiger partial charge in [0.1, 0.15) is 0 Å². The van der Waals surface area contributed by atoms with Crippen LogP contribution in [-0.2, 0) is 10.2 Å². The average molecular weight is 219 g/mol. The topological polar surface area (TPSA) is 35.2 Å². The summed E-state index contributed by atoms with van der Waals surface area (Å²) in [6, 6.07) is 8.82. The lowest BCUT2D eigenvalue weighted by Crippen LogP contribution is -2.54. The lowest BCUT2D eigenvalue weighted by Gasteiger charge is -2.47. The van der Waals surface area contributed by atoms with E-state index in [1.54, 1.807) is 0 Å². The van der Waals surface area contributed by atoms with Crippen molar-refractivity contribution in [1.82, 2.24) is 0 Å². The van der Waals surface area contributed by atoms with Gasteiger partial charge in [0.2, 0.25) is 0 Å². The van der Waals surface area contributed by atoms with Crippen LogP contribution < -0.4 is 5.73 Å². The number of hydrogen-bond acceptors (Lipinski definition) is 2. The van der Waals surface area contributed by atoms with Gasteiger partial charge < -0.3 is 10.5 Å². The molecule has 0 bridgehead atoms. The molecule has 88 valence electrons. The molecule has 0 aliphatic carbocycles. The summed E-state index contributed by atoms with van der Waals surface area (Å²) >= 11 is 0. The van der Waals surface area contributed by atoms with E-state index in [4.69, 9.17) is 10.5 Å². The van der Waals surface area contributed by atoms with Gasteiger partial charge in [0, 0.05) is 5.41 Å². The molecule has 2 rings (SSSR count). The maximum Gasteiger partial charge on any atom is 0.0588 e. The molecule has 0 aromatic heterocycles. The Bertz CT molecular complexity index is 336. The van der Waals surface area contributed by atoms with Gasteiger partial charge in [0.15, 0.2) is 0 Å². The molecule has 1 saturated heterocycles. The minimum atomic E-state index is 0.178. The summed E-state index contributed by atoms with van der Waals surface area (Å²) in [5.41, 5.74) is 8.76. The molecular formula is C14H21NO.